The normalized spacial score (nSPS) is 14.1. The molecule has 0 fully saturated rings. The number of aliphatic hydroxyl groups is 3. The number of aliphatic hydroxyl groups excluding tert-OH is 3. The minimum Gasteiger partial charge on any atom is -0.394 e. The van der Waals surface area contributed by atoms with E-state index in [-0.39, 0.29) is 6.61 Å². The van der Waals surface area contributed by atoms with E-state index in [0.717, 1.165) is 38.5 Å². The van der Waals surface area contributed by atoms with E-state index in [2.05, 4.69) is 43.5 Å². The maximum absolute atomic E-state index is 12.4. The Kier molecular flexibility index (Phi) is 36.3. The molecule has 0 saturated carbocycles. The number of rotatable bonds is 36. The van der Waals surface area contributed by atoms with Crippen LogP contribution in [0.2, 0.25) is 0 Å². The molecule has 0 rings (SSSR count). The first-order valence-electron chi connectivity index (χ1n) is 20.3. The van der Waals surface area contributed by atoms with E-state index in [9.17, 15) is 20.1 Å². The highest BCUT2D eigenvalue weighted by atomic mass is 16.3. The predicted octanol–water partition coefficient (Wildman–Crippen LogP) is 11.2. The van der Waals surface area contributed by atoms with Crippen molar-refractivity contribution < 1.29 is 20.1 Å². The van der Waals surface area contributed by atoms with Crippen molar-refractivity contribution in [3.8, 4) is 0 Å². The smallest absolute Gasteiger partial charge is 0.249 e. The van der Waals surface area contributed by atoms with Crippen LogP contribution < -0.4 is 5.32 Å². The Balaban J connectivity index is 3.62. The van der Waals surface area contributed by atoms with E-state index in [4.69, 9.17) is 0 Å². The number of allylic oxidation sites excluding steroid dienone is 5. The molecule has 0 aliphatic rings. The third-order valence-corrected chi connectivity index (χ3v) is 9.20. The van der Waals surface area contributed by atoms with Crippen molar-refractivity contribution in [2.24, 2.45) is 0 Å². The van der Waals surface area contributed by atoms with Crippen molar-refractivity contribution in [3.05, 3.63) is 36.5 Å². The topological polar surface area (TPSA) is 89.8 Å². The van der Waals surface area contributed by atoms with Crippen LogP contribution in [0, 0.1) is 0 Å². The fourth-order valence-corrected chi connectivity index (χ4v) is 5.96. The van der Waals surface area contributed by atoms with Crippen LogP contribution in [-0.2, 0) is 4.79 Å². The monoisotopic (exact) mass is 662 g/mol. The highest BCUT2D eigenvalue weighted by Gasteiger charge is 2.22. The van der Waals surface area contributed by atoms with Crippen LogP contribution >= 0.6 is 0 Å². The Bertz CT molecular complexity index is 734. The Morgan fingerprint density at radius 2 is 0.872 bits per heavy atom. The van der Waals surface area contributed by atoms with Crippen molar-refractivity contribution in [2.45, 2.75) is 218 Å². The third-order valence-electron chi connectivity index (χ3n) is 9.20. The largest absolute Gasteiger partial charge is 0.394 e. The minimum absolute atomic E-state index is 0.378. The molecule has 0 bridgehead atoms. The molecule has 1 amide bonds. The molecule has 3 unspecified atom stereocenters. The minimum atomic E-state index is -1.11. The van der Waals surface area contributed by atoms with Crippen LogP contribution in [0.1, 0.15) is 200 Å². The predicted molar refractivity (Wildman–Crippen MR) is 204 cm³/mol. The van der Waals surface area contributed by atoms with Crippen molar-refractivity contribution in [3.63, 3.8) is 0 Å². The van der Waals surface area contributed by atoms with Crippen LogP contribution in [0.3, 0.4) is 0 Å². The zero-order chi connectivity index (χ0) is 34.5. The molecule has 3 atom stereocenters. The van der Waals surface area contributed by atoms with Crippen LogP contribution in [0.5, 0.6) is 0 Å². The van der Waals surface area contributed by atoms with Gasteiger partial charge < -0.3 is 20.6 Å². The summed E-state index contributed by atoms with van der Waals surface area (Å²) in [6.45, 7) is 4.11. The van der Waals surface area contributed by atoms with Gasteiger partial charge in [-0.15, -0.1) is 0 Å². The fourth-order valence-electron chi connectivity index (χ4n) is 5.96. The lowest BCUT2D eigenvalue weighted by Crippen LogP contribution is -2.48. The van der Waals surface area contributed by atoms with Crippen LogP contribution in [-0.4, -0.2) is 46.1 Å². The van der Waals surface area contributed by atoms with Gasteiger partial charge in [0.05, 0.1) is 18.8 Å². The lowest BCUT2D eigenvalue weighted by molar-refractivity contribution is -0.131. The number of carbonyl (C=O) groups excluding carboxylic acids is 1. The highest BCUT2D eigenvalue weighted by Crippen LogP contribution is 2.14. The molecule has 5 nitrogen and oxygen atoms in total. The molecule has 0 aromatic heterocycles. The quantitative estimate of drug-likeness (QED) is 0.0397. The summed E-state index contributed by atoms with van der Waals surface area (Å²) in [4.78, 5) is 12.4. The van der Waals surface area contributed by atoms with E-state index < -0.39 is 24.2 Å². The van der Waals surface area contributed by atoms with E-state index in [1.807, 2.05) is 6.08 Å². The lowest BCUT2D eigenvalue weighted by atomic mass is 10.0. The zero-order valence-electron chi connectivity index (χ0n) is 31.2. The number of hydrogen-bond donors (Lipinski definition) is 4. The maximum Gasteiger partial charge on any atom is 0.249 e. The summed E-state index contributed by atoms with van der Waals surface area (Å²) in [5.41, 5.74) is 0. The molecule has 0 radical (unpaired) electrons. The molecule has 0 saturated heterocycles. The van der Waals surface area contributed by atoms with Gasteiger partial charge in [0.1, 0.15) is 6.10 Å². The molecule has 0 aromatic carbocycles. The first-order valence-corrected chi connectivity index (χ1v) is 20.3. The highest BCUT2D eigenvalue weighted by molar-refractivity contribution is 5.80. The van der Waals surface area contributed by atoms with Gasteiger partial charge in [-0.2, -0.15) is 0 Å². The lowest BCUT2D eigenvalue weighted by Gasteiger charge is -2.21. The molecule has 5 heteroatoms. The molecule has 47 heavy (non-hydrogen) atoms. The average molecular weight is 662 g/mol. The summed E-state index contributed by atoms with van der Waals surface area (Å²) in [6, 6.07) is -0.812. The van der Waals surface area contributed by atoms with Gasteiger partial charge in [-0.05, 0) is 57.8 Å². The first-order chi connectivity index (χ1) is 23.1. The van der Waals surface area contributed by atoms with Crippen molar-refractivity contribution in [2.75, 3.05) is 6.61 Å². The average Bonchev–Trinajstić information content (AvgIpc) is 3.07. The third kappa shape index (κ3) is 32.9. The molecule has 0 heterocycles. The second kappa shape index (κ2) is 37.4. The summed E-state index contributed by atoms with van der Waals surface area (Å²) >= 11 is 0. The Morgan fingerprint density at radius 1 is 0.511 bits per heavy atom. The Hall–Kier alpha value is -1.43. The summed E-state index contributed by atoms with van der Waals surface area (Å²) < 4.78 is 0. The summed E-state index contributed by atoms with van der Waals surface area (Å²) in [5, 5.41) is 32.9. The molecule has 0 spiro atoms. The second-order valence-electron chi connectivity index (χ2n) is 13.8. The number of amides is 1. The molecule has 4 N–H and O–H groups in total. The standard InChI is InChI=1S/C42H79NO4/c1-3-5-7-9-11-13-14-15-16-17-18-19-20-21-22-23-24-25-26-27-29-31-33-35-37-41(46)42(47)43-39(38-44)40(45)36-34-32-30-28-12-10-8-6-4-2/h12,21-22,28,34,36,39-41,44-46H,3-11,13-20,23-27,29-33,35,37-38H2,1-2H3,(H,43,47)/b22-21-,28-12+,36-34+. The van der Waals surface area contributed by atoms with Gasteiger partial charge in [-0.1, -0.05) is 179 Å². The zero-order valence-corrected chi connectivity index (χ0v) is 31.2. The summed E-state index contributed by atoms with van der Waals surface area (Å²) in [5.74, 6) is -0.519. The molecule has 0 aliphatic carbocycles. The molecule has 276 valence electrons. The van der Waals surface area contributed by atoms with E-state index in [1.54, 1.807) is 6.08 Å². The summed E-state index contributed by atoms with van der Waals surface area (Å²) in [6.07, 6.45) is 46.2. The van der Waals surface area contributed by atoms with Gasteiger partial charge in [-0.25, -0.2) is 0 Å². The van der Waals surface area contributed by atoms with Gasteiger partial charge in [0.15, 0.2) is 0 Å². The van der Waals surface area contributed by atoms with E-state index >= 15 is 0 Å². The summed E-state index contributed by atoms with van der Waals surface area (Å²) in [7, 11) is 0. The van der Waals surface area contributed by atoms with Gasteiger partial charge in [0, 0.05) is 0 Å². The molecular formula is C42H79NO4. The molecule has 0 aliphatic heterocycles. The fraction of sp³-hybridized carbons (Fsp3) is 0.833. The van der Waals surface area contributed by atoms with Crippen LogP contribution in [0.15, 0.2) is 36.5 Å². The van der Waals surface area contributed by atoms with Crippen molar-refractivity contribution in [1.82, 2.24) is 5.32 Å². The molecular weight excluding hydrogens is 582 g/mol. The maximum atomic E-state index is 12.4. The van der Waals surface area contributed by atoms with Gasteiger partial charge in [0.25, 0.3) is 0 Å². The SMILES string of the molecule is CCCCC/C=C/CC/C=C/C(O)C(CO)NC(=O)C(O)CCCCCCCCCC/C=C\CCCCCCCCCCCCCC. The van der Waals surface area contributed by atoms with Gasteiger partial charge in [0.2, 0.25) is 5.91 Å². The van der Waals surface area contributed by atoms with Gasteiger partial charge >= 0.3 is 0 Å². The second-order valence-corrected chi connectivity index (χ2v) is 13.8. The Morgan fingerprint density at radius 3 is 1.34 bits per heavy atom. The number of nitrogens with one attached hydrogen (secondary N) is 1. The first kappa shape index (κ1) is 45.6. The van der Waals surface area contributed by atoms with Gasteiger partial charge in [-0.3, -0.25) is 4.79 Å². The number of carbonyl (C=O) groups is 1. The van der Waals surface area contributed by atoms with Crippen molar-refractivity contribution in [1.29, 1.82) is 0 Å². The molecule has 0 aromatic rings. The van der Waals surface area contributed by atoms with Crippen LogP contribution in [0.4, 0.5) is 0 Å². The Labute approximate surface area is 292 Å². The van der Waals surface area contributed by atoms with E-state index in [1.165, 1.54) is 141 Å². The number of hydrogen-bond acceptors (Lipinski definition) is 4. The van der Waals surface area contributed by atoms with Crippen LogP contribution in [0.25, 0.3) is 0 Å². The van der Waals surface area contributed by atoms with E-state index in [0.29, 0.717) is 6.42 Å². The van der Waals surface area contributed by atoms with Crippen molar-refractivity contribution >= 4 is 5.91 Å². The number of unbranched alkanes of at least 4 members (excludes halogenated alkanes) is 24.